The smallest absolute Gasteiger partial charge is 0.122 e. The third kappa shape index (κ3) is 2.65. The van der Waals surface area contributed by atoms with Crippen molar-refractivity contribution in [3.05, 3.63) is 0 Å². The highest BCUT2D eigenvalue weighted by Gasteiger charge is 2.26. The first-order valence-electron chi connectivity index (χ1n) is 3.43. The highest BCUT2D eigenvalue weighted by atomic mass is 16.3. The normalized spacial score (nSPS) is 18.0. The van der Waals surface area contributed by atoms with Crippen LogP contribution in [0.5, 0.6) is 0 Å². The minimum absolute atomic E-state index is 0.121. The van der Waals surface area contributed by atoms with E-state index in [0.29, 0.717) is 0 Å². The van der Waals surface area contributed by atoms with Crippen LogP contribution in [0.15, 0.2) is 5.11 Å². The summed E-state index contributed by atoms with van der Waals surface area (Å²) in [6, 6.07) is -1.06. The van der Waals surface area contributed by atoms with Crippen LogP contribution in [0.3, 0.4) is 0 Å². The molecule has 0 aliphatic heterocycles. The summed E-state index contributed by atoms with van der Waals surface area (Å²) in [7, 11) is 0. The van der Waals surface area contributed by atoms with Crippen LogP contribution in [-0.4, -0.2) is 45.9 Å². The van der Waals surface area contributed by atoms with Gasteiger partial charge < -0.3 is 20.7 Å². The largest absolute Gasteiger partial charge is 0.394 e. The van der Waals surface area contributed by atoms with Crippen molar-refractivity contribution in [2.45, 2.75) is 25.2 Å². The van der Waals surface area contributed by atoms with Gasteiger partial charge in [0.05, 0.1) is 6.61 Å². The Bertz CT molecular complexity index is 171. The Morgan fingerprint density at radius 1 is 1.50 bits per heavy atom. The number of nitrogens with one attached hydrogen (secondary N) is 2. The quantitative estimate of drug-likeness (QED) is 0.276. The Labute approximate surface area is 69.9 Å². The van der Waals surface area contributed by atoms with E-state index in [1.165, 1.54) is 6.92 Å². The van der Waals surface area contributed by atoms with Crippen molar-refractivity contribution in [1.29, 1.82) is 10.9 Å². The molecular weight excluding hydrogens is 162 g/mol. The monoisotopic (exact) mass is 175 g/mol. The second kappa shape index (κ2) is 4.91. The number of hydrogen-bond donors (Lipinski definition) is 5. The first kappa shape index (κ1) is 11.2. The molecule has 0 amide bonds. The molecule has 2 unspecified atom stereocenters. The summed E-state index contributed by atoms with van der Waals surface area (Å²) in [4.78, 5) is 0. The van der Waals surface area contributed by atoms with Crippen molar-refractivity contribution in [1.82, 2.24) is 0 Å². The number of nitrogens with zero attached hydrogens (tertiary/aromatic N) is 1. The molecule has 0 aliphatic carbocycles. The maximum atomic E-state index is 9.18. The van der Waals surface area contributed by atoms with Crippen LogP contribution >= 0.6 is 0 Å². The third-order valence-electron chi connectivity index (χ3n) is 1.51. The van der Waals surface area contributed by atoms with Crippen LogP contribution < -0.4 is 0 Å². The average molecular weight is 175 g/mol. The van der Waals surface area contributed by atoms with E-state index in [4.69, 9.17) is 21.2 Å². The summed E-state index contributed by atoms with van der Waals surface area (Å²) in [6.07, 6.45) is -2.75. The van der Waals surface area contributed by atoms with E-state index in [9.17, 15) is 5.11 Å². The number of hydrogen-bond acceptors (Lipinski definition) is 6. The molecule has 6 nitrogen and oxygen atoms in total. The van der Waals surface area contributed by atoms with E-state index < -0.39 is 24.9 Å². The van der Waals surface area contributed by atoms with Gasteiger partial charge in [-0.2, -0.15) is 5.11 Å². The molecule has 70 valence electrons. The molecule has 0 rings (SSSR count). The topological polar surface area (TPSA) is 121 Å². The Morgan fingerprint density at radius 2 is 2.00 bits per heavy atom. The lowest BCUT2D eigenvalue weighted by atomic mass is 10.0. The average Bonchev–Trinajstić information content (AvgIpc) is 2.05. The fourth-order valence-corrected chi connectivity index (χ4v) is 0.692. The Balaban J connectivity index is 4.24. The highest BCUT2D eigenvalue weighted by Crippen LogP contribution is 2.04. The summed E-state index contributed by atoms with van der Waals surface area (Å²) in [5.74, 6) is 0. The van der Waals surface area contributed by atoms with Crippen molar-refractivity contribution in [3.8, 4) is 0 Å². The molecule has 0 bridgehead atoms. The van der Waals surface area contributed by atoms with Crippen LogP contribution in [0.25, 0.3) is 0 Å². The predicted molar refractivity (Wildman–Crippen MR) is 41.4 cm³/mol. The highest BCUT2D eigenvalue weighted by molar-refractivity contribution is 5.83. The fourth-order valence-electron chi connectivity index (χ4n) is 0.692. The van der Waals surface area contributed by atoms with E-state index >= 15 is 0 Å². The van der Waals surface area contributed by atoms with Crippen molar-refractivity contribution < 1.29 is 15.3 Å². The van der Waals surface area contributed by atoms with Gasteiger partial charge in [0.1, 0.15) is 18.2 Å². The van der Waals surface area contributed by atoms with Gasteiger partial charge in [0.15, 0.2) is 0 Å². The summed E-state index contributed by atoms with van der Waals surface area (Å²) in [5, 5.41) is 36.7. The molecule has 12 heavy (non-hydrogen) atoms. The molecule has 0 aliphatic rings. The molecule has 0 saturated carbocycles. The zero-order valence-electron chi connectivity index (χ0n) is 6.73. The van der Waals surface area contributed by atoms with E-state index in [1.807, 2.05) is 0 Å². The molecule has 0 aromatic carbocycles. The summed E-state index contributed by atoms with van der Waals surface area (Å²) >= 11 is 0. The maximum absolute atomic E-state index is 9.18. The lowest BCUT2D eigenvalue weighted by Crippen LogP contribution is -2.41. The minimum Gasteiger partial charge on any atom is -0.394 e. The fraction of sp³-hybridized carbons (Fsp3) is 0.833. The molecule has 0 fully saturated rings. The SMILES string of the molecule is CC(=N)[C@@H](O)C(O)C(CO)N=N. The molecule has 0 saturated heterocycles. The molecule has 0 aromatic rings. The number of aliphatic hydroxyl groups excluding tert-OH is 3. The third-order valence-corrected chi connectivity index (χ3v) is 1.51. The molecule has 6 heteroatoms. The van der Waals surface area contributed by atoms with Gasteiger partial charge >= 0.3 is 0 Å². The molecule has 3 atom stereocenters. The van der Waals surface area contributed by atoms with Gasteiger partial charge in [0, 0.05) is 5.71 Å². The standard InChI is InChI=1S/C6H13N3O3/c1-3(7)5(11)6(12)4(2-10)9-8/h4-8,10-12H,2H2,1H3/t4?,5-,6?/m1/s1. The van der Waals surface area contributed by atoms with Crippen molar-refractivity contribution in [2.75, 3.05) is 6.61 Å². The van der Waals surface area contributed by atoms with E-state index in [0.717, 1.165) is 0 Å². The first-order chi connectivity index (χ1) is 5.54. The lowest BCUT2D eigenvalue weighted by Gasteiger charge is -2.20. The molecule has 5 N–H and O–H groups in total. The van der Waals surface area contributed by atoms with Gasteiger partial charge in [0.2, 0.25) is 0 Å². The van der Waals surface area contributed by atoms with Gasteiger partial charge in [-0.15, -0.1) is 0 Å². The first-order valence-corrected chi connectivity index (χ1v) is 3.43. The van der Waals surface area contributed by atoms with E-state index in [-0.39, 0.29) is 5.71 Å². The zero-order chi connectivity index (χ0) is 9.72. The van der Waals surface area contributed by atoms with Crippen LogP contribution in [0.1, 0.15) is 6.92 Å². The Kier molecular flexibility index (Phi) is 4.57. The zero-order valence-corrected chi connectivity index (χ0v) is 6.73. The molecule has 0 heterocycles. The second-order valence-electron chi connectivity index (χ2n) is 2.50. The van der Waals surface area contributed by atoms with Gasteiger partial charge in [-0.3, -0.25) is 0 Å². The lowest BCUT2D eigenvalue weighted by molar-refractivity contribution is 0.0243. The van der Waals surface area contributed by atoms with Gasteiger partial charge in [-0.05, 0) is 6.92 Å². The number of rotatable bonds is 5. The van der Waals surface area contributed by atoms with Crippen LogP contribution in [0.2, 0.25) is 0 Å². The van der Waals surface area contributed by atoms with Gasteiger partial charge in [0.25, 0.3) is 0 Å². The summed E-state index contributed by atoms with van der Waals surface area (Å²) < 4.78 is 0. The molecule has 0 spiro atoms. The van der Waals surface area contributed by atoms with E-state index in [2.05, 4.69) is 5.11 Å². The second-order valence-corrected chi connectivity index (χ2v) is 2.50. The van der Waals surface area contributed by atoms with Gasteiger partial charge in [-0.1, -0.05) is 0 Å². The predicted octanol–water partition coefficient (Wildman–Crippen LogP) is -0.860. The summed E-state index contributed by atoms with van der Waals surface area (Å²) in [6.45, 7) is 0.807. The molecule has 0 aromatic heterocycles. The van der Waals surface area contributed by atoms with Gasteiger partial charge in [-0.25, -0.2) is 5.53 Å². The number of aliphatic hydroxyl groups is 3. The molecule has 0 radical (unpaired) electrons. The van der Waals surface area contributed by atoms with Crippen molar-refractivity contribution in [3.63, 3.8) is 0 Å². The van der Waals surface area contributed by atoms with Crippen molar-refractivity contribution in [2.24, 2.45) is 5.11 Å². The van der Waals surface area contributed by atoms with Crippen LogP contribution in [0.4, 0.5) is 0 Å². The Morgan fingerprint density at radius 3 is 2.25 bits per heavy atom. The van der Waals surface area contributed by atoms with Crippen LogP contribution in [0, 0.1) is 10.9 Å². The maximum Gasteiger partial charge on any atom is 0.122 e. The summed E-state index contributed by atoms with van der Waals surface area (Å²) in [5.41, 5.74) is 6.43. The molecular formula is C6H13N3O3. The van der Waals surface area contributed by atoms with Crippen LogP contribution in [-0.2, 0) is 0 Å². The van der Waals surface area contributed by atoms with Crippen molar-refractivity contribution >= 4 is 5.71 Å². The minimum atomic E-state index is -1.38. The van der Waals surface area contributed by atoms with E-state index in [1.54, 1.807) is 0 Å². The Hall–Kier alpha value is -0.850.